The molecule has 0 aliphatic heterocycles. The van der Waals surface area contributed by atoms with Crippen molar-refractivity contribution in [1.29, 1.82) is 0 Å². The molecular weight excluding hydrogens is 456 g/mol. The molecule has 0 fully saturated rings. The van der Waals surface area contributed by atoms with Crippen LogP contribution in [0, 0.1) is 0 Å². The fourth-order valence-corrected chi connectivity index (χ4v) is 5.02. The van der Waals surface area contributed by atoms with E-state index in [1.54, 1.807) is 0 Å². The molecule has 0 heterocycles. The fourth-order valence-electron chi connectivity index (χ4n) is 4.61. The molecule has 182 valence electrons. The van der Waals surface area contributed by atoms with Gasteiger partial charge in [-0.15, -0.1) is 0 Å². The summed E-state index contributed by atoms with van der Waals surface area (Å²) in [7, 11) is 0. The predicted molar refractivity (Wildman–Crippen MR) is 159 cm³/mol. The second kappa shape index (κ2) is 11.5. The Labute approximate surface area is 221 Å². The minimum atomic E-state index is -0.758. The van der Waals surface area contributed by atoms with Gasteiger partial charge in [-0.05, 0) is 46.2 Å². The SMILES string of the molecule is CC(C)c1cccc(C(C)C)c1N=CC(C(=S)Nc1ccccc1)(c1ccccc1)c1ccccc1. The molecule has 4 aromatic rings. The molecule has 4 aromatic carbocycles. The summed E-state index contributed by atoms with van der Waals surface area (Å²) in [6.45, 7) is 8.90. The number of hydrogen-bond acceptors (Lipinski definition) is 2. The number of nitrogens with zero attached hydrogens (tertiary/aromatic N) is 1. The highest BCUT2D eigenvalue weighted by atomic mass is 32.1. The van der Waals surface area contributed by atoms with Crippen molar-refractivity contribution in [3.8, 4) is 0 Å². The average Bonchev–Trinajstić information content (AvgIpc) is 2.90. The van der Waals surface area contributed by atoms with Gasteiger partial charge in [0.1, 0.15) is 10.4 Å². The summed E-state index contributed by atoms with van der Waals surface area (Å²) in [6.07, 6.45) is 2.06. The summed E-state index contributed by atoms with van der Waals surface area (Å²) in [5, 5.41) is 3.53. The van der Waals surface area contributed by atoms with Crippen LogP contribution in [0.25, 0.3) is 0 Å². The average molecular weight is 491 g/mol. The molecule has 0 saturated heterocycles. The maximum Gasteiger partial charge on any atom is 0.106 e. The summed E-state index contributed by atoms with van der Waals surface area (Å²) in [5.74, 6) is 0.709. The zero-order chi connectivity index (χ0) is 25.5. The van der Waals surface area contributed by atoms with Crippen LogP contribution in [0.4, 0.5) is 11.4 Å². The number of rotatable bonds is 8. The number of anilines is 1. The second-order valence-corrected chi connectivity index (χ2v) is 10.1. The first-order chi connectivity index (χ1) is 17.4. The van der Waals surface area contributed by atoms with E-state index >= 15 is 0 Å². The first-order valence-corrected chi connectivity index (χ1v) is 13.0. The largest absolute Gasteiger partial charge is 0.349 e. The Morgan fingerprint density at radius 1 is 0.667 bits per heavy atom. The van der Waals surface area contributed by atoms with Crippen molar-refractivity contribution >= 4 is 34.8 Å². The third-order valence-corrected chi connectivity index (χ3v) is 7.00. The maximum absolute atomic E-state index is 6.22. The van der Waals surface area contributed by atoms with Gasteiger partial charge in [0.2, 0.25) is 0 Å². The van der Waals surface area contributed by atoms with Crippen LogP contribution in [0.5, 0.6) is 0 Å². The first-order valence-electron chi connectivity index (χ1n) is 12.6. The molecule has 0 atom stereocenters. The van der Waals surface area contributed by atoms with Crippen LogP contribution in [-0.2, 0) is 5.41 Å². The quantitative estimate of drug-likeness (QED) is 0.197. The van der Waals surface area contributed by atoms with Crippen molar-refractivity contribution in [3.63, 3.8) is 0 Å². The summed E-state index contributed by atoms with van der Waals surface area (Å²) in [6, 6.07) is 37.5. The third-order valence-electron chi connectivity index (χ3n) is 6.58. The number of para-hydroxylation sites is 2. The molecule has 0 unspecified atom stereocenters. The fraction of sp³-hybridized carbons (Fsp3) is 0.212. The topological polar surface area (TPSA) is 24.4 Å². The van der Waals surface area contributed by atoms with Gasteiger partial charge in [0.25, 0.3) is 0 Å². The molecule has 0 aliphatic carbocycles. The van der Waals surface area contributed by atoms with Gasteiger partial charge in [0.15, 0.2) is 0 Å². The highest BCUT2D eigenvalue weighted by Gasteiger charge is 2.38. The van der Waals surface area contributed by atoms with Gasteiger partial charge in [-0.2, -0.15) is 0 Å². The van der Waals surface area contributed by atoms with Crippen molar-refractivity contribution < 1.29 is 0 Å². The molecule has 2 nitrogen and oxygen atoms in total. The van der Waals surface area contributed by atoms with Crippen LogP contribution in [0.3, 0.4) is 0 Å². The summed E-state index contributed by atoms with van der Waals surface area (Å²) in [5.41, 5.74) is 5.87. The van der Waals surface area contributed by atoms with E-state index in [4.69, 9.17) is 17.2 Å². The van der Waals surface area contributed by atoms with Gasteiger partial charge in [0, 0.05) is 11.9 Å². The van der Waals surface area contributed by atoms with E-state index in [1.165, 1.54) is 11.1 Å². The molecule has 3 heteroatoms. The Morgan fingerprint density at radius 2 is 1.11 bits per heavy atom. The molecule has 36 heavy (non-hydrogen) atoms. The number of hydrogen-bond donors (Lipinski definition) is 1. The smallest absolute Gasteiger partial charge is 0.106 e. The number of thiocarbonyl (C=S) groups is 1. The molecule has 1 N–H and O–H groups in total. The maximum atomic E-state index is 6.22. The Bertz CT molecular complexity index is 1240. The van der Waals surface area contributed by atoms with E-state index in [0.717, 1.165) is 22.5 Å². The molecule has 4 rings (SSSR count). The molecule has 0 aromatic heterocycles. The summed E-state index contributed by atoms with van der Waals surface area (Å²) in [4.78, 5) is 5.97. The Hall–Kier alpha value is -3.56. The van der Waals surface area contributed by atoms with E-state index in [1.807, 2.05) is 42.5 Å². The lowest BCUT2D eigenvalue weighted by Crippen LogP contribution is -2.42. The van der Waals surface area contributed by atoms with Crippen LogP contribution in [0.2, 0.25) is 0 Å². The van der Waals surface area contributed by atoms with E-state index in [-0.39, 0.29) is 0 Å². The van der Waals surface area contributed by atoms with Crippen LogP contribution in [-0.4, -0.2) is 11.2 Å². The van der Waals surface area contributed by atoms with Gasteiger partial charge in [-0.3, -0.25) is 4.99 Å². The molecule has 0 saturated carbocycles. The predicted octanol–water partition coefficient (Wildman–Crippen LogP) is 9.06. The molecule has 0 spiro atoms. The normalized spacial score (nSPS) is 11.8. The first kappa shape index (κ1) is 25.5. The zero-order valence-corrected chi connectivity index (χ0v) is 22.3. The third kappa shape index (κ3) is 5.32. The van der Waals surface area contributed by atoms with Crippen molar-refractivity contribution in [1.82, 2.24) is 0 Å². The number of aliphatic imine (C=N–C) groups is 1. The summed E-state index contributed by atoms with van der Waals surface area (Å²) < 4.78 is 0. The molecule has 0 radical (unpaired) electrons. The van der Waals surface area contributed by atoms with Crippen LogP contribution >= 0.6 is 12.2 Å². The molecule has 0 amide bonds. The Balaban J connectivity index is 1.97. The van der Waals surface area contributed by atoms with Crippen molar-refractivity contribution in [2.45, 2.75) is 44.9 Å². The number of nitrogens with one attached hydrogen (secondary N) is 1. The van der Waals surface area contributed by atoms with Crippen molar-refractivity contribution in [2.24, 2.45) is 4.99 Å². The number of benzene rings is 4. The standard InChI is InChI=1S/C33H34N2S/c1-24(2)29-21-14-22-30(25(3)4)31(29)34-23-33(26-15-8-5-9-16-26,27-17-10-6-11-18-27)32(36)35-28-19-12-7-13-20-28/h5-25H,1-4H3,(H,35,36). The lowest BCUT2D eigenvalue weighted by Gasteiger charge is -2.33. The molecule has 0 bridgehead atoms. The van der Waals surface area contributed by atoms with Gasteiger partial charge in [-0.1, -0.05) is 137 Å². The van der Waals surface area contributed by atoms with Crippen molar-refractivity contribution in [3.05, 3.63) is 131 Å². The zero-order valence-electron chi connectivity index (χ0n) is 21.5. The van der Waals surface area contributed by atoms with E-state index in [0.29, 0.717) is 16.8 Å². The van der Waals surface area contributed by atoms with Gasteiger partial charge >= 0.3 is 0 Å². The lowest BCUT2D eigenvalue weighted by atomic mass is 9.75. The summed E-state index contributed by atoms with van der Waals surface area (Å²) >= 11 is 6.22. The van der Waals surface area contributed by atoms with Crippen LogP contribution in [0.15, 0.2) is 114 Å². The Morgan fingerprint density at radius 3 is 1.56 bits per heavy atom. The Kier molecular flexibility index (Phi) is 8.12. The second-order valence-electron chi connectivity index (χ2n) is 9.71. The highest BCUT2D eigenvalue weighted by Crippen LogP contribution is 2.38. The van der Waals surface area contributed by atoms with E-state index in [9.17, 15) is 0 Å². The van der Waals surface area contributed by atoms with E-state index < -0.39 is 5.41 Å². The van der Waals surface area contributed by atoms with Gasteiger partial charge < -0.3 is 5.32 Å². The van der Waals surface area contributed by atoms with Gasteiger partial charge in [0.05, 0.1) is 5.69 Å². The lowest BCUT2D eigenvalue weighted by molar-refractivity contribution is 0.833. The molecule has 0 aliphatic rings. The monoisotopic (exact) mass is 490 g/mol. The highest BCUT2D eigenvalue weighted by molar-refractivity contribution is 7.80. The van der Waals surface area contributed by atoms with E-state index in [2.05, 4.69) is 106 Å². The van der Waals surface area contributed by atoms with Crippen LogP contribution in [0.1, 0.15) is 61.8 Å². The molecular formula is C33H34N2S. The van der Waals surface area contributed by atoms with Gasteiger partial charge in [-0.25, -0.2) is 0 Å². The van der Waals surface area contributed by atoms with Crippen LogP contribution < -0.4 is 5.32 Å². The minimum absolute atomic E-state index is 0.355. The minimum Gasteiger partial charge on any atom is -0.349 e. The van der Waals surface area contributed by atoms with Crippen molar-refractivity contribution in [2.75, 3.05) is 5.32 Å².